The molecule has 0 saturated carbocycles. The van der Waals surface area contributed by atoms with Crippen molar-refractivity contribution in [3.63, 3.8) is 0 Å². The topological polar surface area (TPSA) is 26.0 Å². The van der Waals surface area contributed by atoms with E-state index in [0.717, 1.165) is 11.1 Å². The number of rotatable bonds is 4. The summed E-state index contributed by atoms with van der Waals surface area (Å²) >= 11 is 0. The van der Waals surface area contributed by atoms with Gasteiger partial charge in [0.2, 0.25) is 0 Å². The Morgan fingerprint density at radius 2 is 1.63 bits per heavy atom. The standard InChI is InChI=1S/C17H16FN/c1-2-6-16(13-9-11-15(18)12-10-13)17(19)14-7-4-3-5-8-14/h1,3-5,7-12,16-17H,6,19H2. The molecule has 2 aromatic carbocycles. The molecule has 2 aromatic rings. The Morgan fingerprint density at radius 1 is 1.00 bits per heavy atom. The summed E-state index contributed by atoms with van der Waals surface area (Å²) in [5.41, 5.74) is 8.31. The van der Waals surface area contributed by atoms with Crippen molar-refractivity contribution < 1.29 is 4.39 Å². The fourth-order valence-corrected chi connectivity index (χ4v) is 2.20. The largest absolute Gasteiger partial charge is 0.323 e. The molecule has 0 spiro atoms. The normalized spacial score (nSPS) is 13.5. The number of benzene rings is 2. The van der Waals surface area contributed by atoms with Gasteiger partial charge in [0.15, 0.2) is 0 Å². The van der Waals surface area contributed by atoms with Crippen LogP contribution in [0.2, 0.25) is 0 Å². The third-order valence-corrected chi connectivity index (χ3v) is 3.25. The van der Waals surface area contributed by atoms with E-state index < -0.39 is 0 Å². The second kappa shape index (κ2) is 6.17. The second-order valence-electron chi connectivity index (χ2n) is 4.50. The number of nitrogens with two attached hydrogens (primary N) is 1. The lowest BCUT2D eigenvalue weighted by molar-refractivity contribution is 0.563. The highest BCUT2D eigenvalue weighted by molar-refractivity contribution is 5.29. The molecule has 2 atom stereocenters. The minimum Gasteiger partial charge on any atom is -0.323 e. The van der Waals surface area contributed by atoms with Gasteiger partial charge in [0.25, 0.3) is 0 Å². The van der Waals surface area contributed by atoms with Gasteiger partial charge in [-0.3, -0.25) is 0 Å². The van der Waals surface area contributed by atoms with E-state index in [1.54, 1.807) is 12.1 Å². The molecule has 0 aliphatic heterocycles. The average Bonchev–Trinajstić information content (AvgIpc) is 2.46. The maximum Gasteiger partial charge on any atom is 0.123 e. The van der Waals surface area contributed by atoms with Crippen molar-refractivity contribution in [3.8, 4) is 12.3 Å². The van der Waals surface area contributed by atoms with Crippen LogP contribution >= 0.6 is 0 Å². The van der Waals surface area contributed by atoms with Crippen LogP contribution in [0, 0.1) is 18.2 Å². The number of hydrogen-bond donors (Lipinski definition) is 1. The first kappa shape index (κ1) is 13.3. The van der Waals surface area contributed by atoms with Gasteiger partial charge in [-0.1, -0.05) is 42.5 Å². The monoisotopic (exact) mass is 253 g/mol. The Balaban J connectivity index is 2.30. The Labute approximate surface area is 113 Å². The molecule has 2 heteroatoms. The highest BCUT2D eigenvalue weighted by atomic mass is 19.1. The van der Waals surface area contributed by atoms with E-state index in [4.69, 9.17) is 12.2 Å². The van der Waals surface area contributed by atoms with Crippen LogP contribution in [0.3, 0.4) is 0 Å². The Morgan fingerprint density at radius 3 is 2.21 bits per heavy atom. The van der Waals surface area contributed by atoms with Gasteiger partial charge >= 0.3 is 0 Å². The van der Waals surface area contributed by atoms with Crippen LogP contribution in [0.5, 0.6) is 0 Å². The number of halogens is 1. The lowest BCUT2D eigenvalue weighted by atomic mass is 9.85. The Kier molecular flexibility index (Phi) is 4.33. The quantitative estimate of drug-likeness (QED) is 0.827. The van der Waals surface area contributed by atoms with E-state index in [9.17, 15) is 4.39 Å². The fourth-order valence-electron chi connectivity index (χ4n) is 2.20. The van der Waals surface area contributed by atoms with Crippen molar-refractivity contribution in [1.29, 1.82) is 0 Å². The van der Waals surface area contributed by atoms with Crippen molar-refractivity contribution in [2.45, 2.75) is 18.4 Å². The maximum atomic E-state index is 13.0. The summed E-state index contributed by atoms with van der Waals surface area (Å²) < 4.78 is 13.0. The van der Waals surface area contributed by atoms with Crippen molar-refractivity contribution in [2.75, 3.05) is 0 Å². The smallest absolute Gasteiger partial charge is 0.123 e. The van der Waals surface area contributed by atoms with E-state index in [1.165, 1.54) is 12.1 Å². The molecule has 0 radical (unpaired) electrons. The molecule has 1 nitrogen and oxygen atoms in total. The minimum absolute atomic E-state index is 0.00648. The maximum absolute atomic E-state index is 13.0. The zero-order valence-electron chi connectivity index (χ0n) is 10.6. The van der Waals surface area contributed by atoms with E-state index in [-0.39, 0.29) is 17.8 Å². The van der Waals surface area contributed by atoms with Crippen LogP contribution in [0.15, 0.2) is 54.6 Å². The van der Waals surface area contributed by atoms with Crippen LogP contribution in [0.1, 0.15) is 29.5 Å². The third-order valence-electron chi connectivity index (χ3n) is 3.25. The van der Waals surface area contributed by atoms with Gasteiger partial charge < -0.3 is 5.73 Å². The van der Waals surface area contributed by atoms with Gasteiger partial charge in [-0.05, 0) is 23.3 Å². The molecule has 0 fully saturated rings. The van der Waals surface area contributed by atoms with Gasteiger partial charge in [-0.2, -0.15) is 0 Å². The summed E-state index contributed by atoms with van der Waals surface area (Å²) in [5, 5.41) is 0. The molecule has 0 aromatic heterocycles. The zero-order valence-corrected chi connectivity index (χ0v) is 10.6. The van der Waals surface area contributed by atoms with Crippen molar-refractivity contribution in [3.05, 3.63) is 71.5 Å². The first-order chi connectivity index (χ1) is 9.22. The predicted molar refractivity (Wildman–Crippen MR) is 76.0 cm³/mol. The highest BCUT2D eigenvalue weighted by Gasteiger charge is 2.20. The van der Waals surface area contributed by atoms with E-state index in [2.05, 4.69) is 5.92 Å². The third kappa shape index (κ3) is 3.21. The summed E-state index contributed by atoms with van der Waals surface area (Å²) in [4.78, 5) is 0. The molecule has 0 amide bonds. The van der Waals surface area contributed by atoms with Crippen molar-refractivity contribution >= 4 is 0 Å². The Bertz CT molecular complexity index is 554. The van der Waals surface area contributed by atoms with Crippen molar-refractivity contribution in [1.82, 2.24) is 0 Å². The number of hydrogen-bond acceptors (Lipinski definition) is 1. The lowest BCUT2D eigenvalue weighted by Crippen LogP contribution is -2.19. The molecule has 2 unspecified atom stereocenters. The van der Waals surface area contributed by atoms with Gasteiger partial charge in [-0.25, -0.2) is 4.39 Å². The summed E-state index contributed by atoms with van der Waals surface area (Å²) in [5.74, 6) is 2.40. The van der Waals surface area contributed by atoms with Gasteiger partial charge in [0, 0.05) is 18.4 Å². The second-order valence-corrected chi connectivity index (χ2v) is 4.50. The fraction of sp³-hybridized carbons (Fsp3) is 0.176. The molecule has 2 rings (SSSR count). The highest BCUT2D eigenvalue weighted by Crippen LogP contribution is 2.31. The average molecular weight is 253 g/mol. The first-order valence-electron chi connectivity index (χ1n) is 6.22. The summed E-state index contributed by atoms with van der Waals surface area (Å²) in [7, 11) is 0. The van der Waals surface area contributed by atoms with Crippen LogP contribution < -0.4 is 5.73 Å². The molecular weight excluding hydrogens is 237 g/mol. The van der Waals surface area contributed by atoms with Gasteiger partial charge in [-0.15, -0.1) is 12.3 Å². The summed E-state index contributed by atoms with van der Waals surface area (Å²) in [6.07, 6.45) is 5.96. The minimum atomic E-state index is -0.253. The molecule has 19 heavy (non-hydrogen) atoms. The molecular formula is C17H16FN. The molecule has 0 heterocycles. The molecule has 0 aliphatic carbocycles. The Hall–Kier alpha value is -2.11. The predicted octanol–water partition coefficient (Wildman–Crippen LogP) is 3.63. The van der Waals surface area contributed by atoms with E-state index in [1.807, 2.05) is 30.3 Å². The van der Waals surface area contributed by atoms with Gasteiger partial charge in [0.1, 0.15) is 5.82 Å². The molecule has 0 aliphatic rings. The summed E-state index contributed by atoms with van der Waals surface area (Å²) in [6.45, 7) is 0. The van der Waals surface area contributed by atoms with Crippen LogP contribution in [-0.4, -0.2) is 0 Å². The van der Waals surface area contributed by atoms with Crippen LogP contribution in [-0.2, 0) is 0 Å². The van der Waals surface area contributed by atoms with Crippen LogP contribution in [0.4, 0.5) is 4.39 Å². The van der Waals surface area contributed by atoms with Crippen molar-refractivity contribution in [2.24, 2.45) is 5.73 Å². The number of terminal acetylenes is 1. The molecule has 96 valence electrons. The van der Waals surface area contributed by atoms with Crippen LogP contribution in [0.25, 0.3) is 0 Å². The molecule has 2 N–H and O–H groups in total. The lowest BCUT2D eigenvalue weighted by Gasteiger charge is -2.23. The first-order valence-corrected chi connectivity index (χ1v) is 6.22. The zero-order chi connectivity index (χ0) is 13.7. The molecule has 0 saturated heterocycles. The van der Waals surface area contributed by atoms with E-state index in [0.29, 0.717) is 6.42 Å². The molecule has 0 bridgehead atoms. The SMILES string of the molecule is C#CCC(c1ccc(F)cc1)C(N)c1ccccc1. The summed E-state index contributed by atoms with van der Waals surface area (Å²) in [6, 6.07) is 16.0. The van der Waals surface area contributed by atoms with Gasteiger partial charge in [0.05, 0.1) is 0 Å². The van der Waals surface area contributed by atoms with E-state index >= 15 is 0 Å².